The van der Waals surface area contributed by atoms with Crippen molar-refractivity contribution in [2.75, 3.05) is 0 Å². The summed E-state index contributed by atoms with van der Waals surface area (Å²) < 4.78 is 0. The largest absolute Gasteiger partial charge is 0.508 e. The number of nitrogens with one attached hydrogen (secondary N) is 1. The monoisotopic (exact) mass is 371 g/mol. The predicted octanol–water partition coefficient (Wildman–Crippen LogP) is 0.782. The molecule has 0 aromatic heterocycles. The number of ketones is 2. The third kappa shape index (κ3) is 2.84. The highest BCUT2D eigenvalue weighted by molar-refractivity contribution is 6.30. The highest BCUT2D eigenvalue weighted by atomic mass is 16.4. The van der Waals surface area contributed by atoms with Gasteiger partial charge in [0.15, 0.2) is 5.78 Å². The van der Waals surface area contributed by atoms with E-state index in [1.165, 1.54) is 6.92 Å². The molecule has 1 amide bonds. The molecule has 1 aliphatic rings. The van der Waals surface area contributed by atoms with E-state index in [-0.39, 0.29) is 22.3 Å². The van der Waals surface area contributed by atoms with Gasteiger partial charge < -0.3 is 25.7 Å². The number of phenolic OH excluding ortho intramolecular Hbond substituents is 3. The second kappa shape index (κ2) is 6.13. The molecule has 2 aromatic carbocycles. The highest BCUT2D eigenvalue weighted by Gasteiger charge is 2.35. The summed E-state index contributed by atoms with van der Waals surface area (Å²) in [5.41, 5.74) is -1.56. The zero-order valence-electron chi connectivity index (χ0n) is 13.8. The van der Waals surface area contributed by atoms with Crippen molar-refractivity contribution in [3.05, 3.63) is 52.1 Å². The number of carboxylic acid groups (broad SMARTS) is 1. The first-order valence-corrected chi connectivity index (χ1v) is 7.68. The first kappa shape index (κ1) is 17.9. The smallest absolute Gasteiger partial charge is 0.325 e. The Morgan fingerprint density at radius 1 is 0.889 bits per heavy atom. The zero-order valence-corrected chi connectivity index (χ0v) is 13.8. The molecule has 0 bridgehead atoms. The molecule has 3 rings (SSSR count). The van der Waals surface area contributed by atoms with Crippen molar-refractivity contribution in [1.82, 2.24) is 5.32 Å². The molecule has 0 saturated heterocycles. The number of carbonyl (C=O) groups is 4. The number of benzene rings is 2. The molecule has 2 aromatic rings. The molecule has 1 unspecified atom stereocenters. The van der Waals surface area contributed by atoms with Crippen LogP contribution < -0.4 is 5.32 Å². The maximum Gasteiger partial charge on any atom is 0.325 e. The number of hydrogen-bond donors (Lipinski definition) is 5. The molecule has 0 fully saturated rings. The van der Waals surface area contributed by atoms with Crippen molar-refractivity contribution in [3.63, 3.8) is 0 Å². The lowest BCUT2D eigenvalue weighted by molar-refractivity contribution is -0.138. The first-order chi connectivity index (χ1) is 12.6. The third-order valence-electron chi connectivity index (χ3n) is 4.14. The topological polar surface area (TPSA) is 161 Å². The number of aromatic hydroxyl groups is 3. The number of fused-ring (bicyclic) bond motifs is 2. The molecule has 9 nitrogen and oxygen atoms in total. The van der Waals surface area contributed by atoms with Crippen molar-refractivity contribution in [2.45, 2.75) is 13.0 Å². The van der Waals surface area contributed by atoms with Crippen molar-refractivity contribution < 1.29 is 39.6 Å². The Bertz CT molecular complexity index is 1040. The molecule has 0 heterocycles. The standard InChI is InChI=1S/C18H13NO8/c1-6(18(26)27)19-17(25)7-2-9-13(11(21)3-7)16(24)14-10(15(9)23)4-8(20)5-12(14)22/h2-6,20-22H,1H3,(H,19,25)(H,26,27). The summed E-state index contributed by atoms with van der Waals surface area (Å²) in [6.45, 7) is 1.23. The fourth-order valence-electron chi connectivity index (χ4n) is 2.82. The third-order valence-corrected chi connectivity index (χ3v) is 4.14. The van der Waals surface area contributed by atoms with E-state index in [2.05, 4.69) is 5.32 Å². The van der Waals surface area contributed by atoms with E-state index < -0.39 is 52.3 Å². The Morgan fingerprint density at radius 3 is 2.04 bits per heavy atom. The predicted molar refractivity (Wildman–Crippen MR) is 89.3 cm³/mol. The molecule has 0 saturated carbocycles. The Balaban J connectivity index is 2.13. The molecule has 0 spiro atoms. The van der Waals surface area contributed by atoms with Crippen LogP contribution in [-0.4, -0.2) is 49.9 Å². The van der Waals surface area contributed by atoms with Crippen molar-refractivity contribution in [2.24, 2.45) is 0 Å². The van der Waals surface area contributed by atoms with Crippen LogP contribution in [0.5, 0.6) is 17.2 Å². The highest BCUT2D eigenvalue weighted by Crippen LogP contribution is 2.39. The van der Waals surface area contributed by atoms with Crippen LogP contribution in [0.25, 0.3) is 0 Å². The van der Waals surface area contributed by atoms with Gasteiger partial charge in [-0.15, -0.1) is 0 Å². The van der Waals surface area contributed by atoms with Gasteiger partial charge in [0.1, 0.15) is 23.3 Å². The number of carboxylic acids is 1. The van der Waals surface area contributed by atoms with Crippen LogP contribution in [0.3, 0.4) is 0 Å². The molecule has 1 aliphatic carbocycles. The minimum absolute atomic E-state index is 0.228. The summed E-state index contributed by atoms with van der Waals surface area (Å²) in [5.74, 6) is -5.51. The number of rotatable bonds is 3. The summed E-state index contributed by atoms with van der Waals surface area (Å²) in [6, 6.07) is 2.64. The molecule has 9 heteroatoms. The van der Waals surface area contributed by atoms with Crippen LogP contribution in [0, 0.1) is 0 Å². The van der Waals surface area contributed by atoms with E-state index in [0.29, 0.717) is 0 Å². The van der Waals surface area contributed by atoms with Crippen LogP contribution in [0.1, 0.15) is 49.1 Å². The first-order valence-electron chi connectivity index (χ1n) is 7.68. The average Bonchev–Trinajstić information content (AvgIpc) is 2.58. The van der Waals surface area contributed by atoms with Gasteiger partial charge in [0.2, 0.25) is 5.78 Å². The molecular formula is C18H13NO8. The lowest BCUT2D eigenvalue weighted by Gasteiger charge is -2.20. The summed E-state index contributed by atoms with van der Waals surface area (Å²) in [4.78, 5) is 48.4. The van der Waals surface area contributed by atoms with Crippen LogP contribution in [0.4, 0.5) is 0 Å². The van der Waals surface area contributed by atoms with Gasteiger partial charge in [-0.05, 0) is 25.1 Å². The van der Waals surface area contributed by atoms with Gasteiger partial charge >= 0.3 is 5.97 Å². The van der Waals surface area contributed by atoms with E-state index in [4.69, 9.17) is 5.11 Å². The molecular weight excluding hydrogens is 358 g/mol. The van der Waals surface area contributed by atoms with Gasteiger partial charge in [0.05, 0.1) is 11.1 Å². The van der Waals surface area contributed by atoms with E-state index in [0.717, 1.165) is 24.3 Å². The molecule has 0 aliphatic heterocycles. The van der Waals surface area contributed by atoms with Gasteiger partial charge in [-0.2, -0.15) is 0 Å². The molecule has 138 valence electrons. The van der Waals surface area contributed by atoms with Gasteiger partial charge in [0, 0.05) is 22.8 Å². The van der Waals surface area contributed by atoms with E-state index in [1.807, 2.05) is 0 Å². The Morgan fingerprint density at radius 2 is 1.44 bits per heavy atom. The van der Waals surface area contributed by atoms with E-state index in [1.54, 1.807) is 0 Å². The van der Waals surface area contributed by atoms with Crippen LogP contribution >= 0.6 is 0 Å². The molecule has 0 radical (unpaired) electrons. The Kier molecular flexibility index (Phi) is 4.07. The van der Waals surface area contributed by atoms with E-state index in [9.17, 15) is 34.5 Å². The molecule has 1 atom stereocenters. The second-order valence-electron chi connectivity index (χ2n) is 6.00. The van der Waals surface area contributed by atoms with Gasteiger partial charge in [-0.3, -0.25) is 19.2 Å². The zero-order chi connectivity index (χ0) is 20.0. The maximum atomic E-state index is 12.7. The SMILES string of the molecule is CC(NC(=O)c1cc(O)c2c(c1)C(=O)c1cc(O)cc(O)c1C2=O)C(=O)O. The number of hydrogen-bond acceptors (Lipinski definition) is 7. The average molecular weight is 371 g/mol. The van der Waals surface area contributed by atoms with Crippen molar-refractivity contribution in [3.8, 4) is 17.2 Å². The van der Waals surface area contributed by atoms with Crippen LogP contribution in [0.15, 0.2) is 24.3 Å². The normalized spacial score (nSPS) is 13.5. The summed E-state index contributed by atoms with van der Waals surface area (Å²) >= 11 is 0. The van der Waals surface area contributed by atoms with Gasteiger partial charge in [0.25, 0.3) is 5.91 Å². The number of phenols is 3. The second-order valence-corrected chi connectivity index (χ2v) is 6.00. The minimum atomic E-state index is -1.28. The molecule has 27 heavy (non-hydrogen) atoms. The quantitative estimate of drug-likeness (QED) is 0.451. The van der Waals surface area contributed by atoms with Crippen LogP contribution in [-0.2, 0) is 4.79 Å². The fourth-order valence-corrected chi connectivity index (χ4v) is 2.82. The van der Waals surface area contributed by atoms with Gasteiger partial charge in [-0.25, -0.2) is 0 Å². The molecule has 5 N–H and O–H groups in total. The van der Waals surface area contributed by atoms with Gasteiger partial charge in [-0.1, -0.05) is 0 Å². The summed E-state index contributed by atoms with van der Waals surface area (Å²) in [6.07, 6.45) is 0. The maximum absolute atomic E-state index is 12.7. The van der Waals surface area contributed by atoms with Crippen molar-refractivity contribution >= 4 is 23.4 Å². The number of aliphatic carboxylic acids is 1. The van der Waals surface area contributed by atoms with E-state index >= 15 is 0 Å². The number of carbonyl (C=O) groups excluding carboxylic acids is 3. The lowest BCUT2D eigenvalue weighted by Crippen LogP contribution is -2.38. The lowest BCUT2D eigenvalue weighted by atomic mass is 9.82. The minimum Gasteiger partial charge on any atom is -0.508 e. The summed E-state index contributed by atoms with van der Waals surface area (Å²) in [5, 5.41) is 40.7. The summed E-state index contributed by atoms with van der Waals surface area (Å²) in [7, 11) is 0. The van der Waals surface area contributed by atoms with Crippen molar-refractivity contribution in [1.29, 1.82) is 0 Å². The Hall–Kier alpha value is -3.88. The fraction of sp³-hybridized carbons (Fsp3) is 0.111. The number of amides is 1. The Labute approximate surface area is 151 Å². The van der Waals surface area contributed by atoms with Crippen LogP contribution in [0.2, 0.25) is 0 Å².